The van der Waals surface area contributed by atoms with Gasteiger partial charge in [0.2, 0.25) is 5.91 Å². The molecular weight excluding hydrogens is 270 g/mol. The number of amides is 3. The van der Waals surface area contributed by atoms with Crippen molar-refractivity contribution in [3.63, 3.8) is 0 Å². The molecule has 0 spiro atoms. The van der Waals surface area contributed by atoms with Crippen molar-refractivity contribution >= 4 is 11.9 Å². The van der Waals surface area contributed by atoms with Gasteiger partial charge in [0.05, 0.1) is 6.61 Å². The standard InChI is InChI=1S/C15H23N3O3/c1-2-3-7-18(8-9-19)15(21)17-11-12-5-4-6-13(10-12)14(16)20/h4-6,10,19H,2-3,7-9,11H2,1H3,(H2,16,20)(H,17,21). The molecule has 0 radical (unpaired) electrons. The minimum absolute atomic E-state index is 0.0612. The van der Waals surface area contributed by atoms with Crippen molar-refractivity contribution in [3.8, 4) is 0 Å². The fraction of sp³-hybridized carbons (Fsp3) is 0.467. The average molecular weight is 293 g/mol. The number of rotatable bonds is 8. The van der Waals surface area contributed by atoms with Gasteiger partial charge in [0.25, 0.3) is 0 Å². The van der Waals surface area contributed by atoms with Gasteiger partial charge >= 0.3 is 6.03 Å². The smallest absolute Gasteiger partial charge is 0.317 e. The van der Waals surface area contributed by atoms with E-state index < -0.39 is 5.91 Å². The van der Waals surface area contributed by atoms with Crippen molar-refractivity contribution in [2.45, 2.75) is 26.3 Å². The average Bonchev–Trinajstić information content (AvgIpc) is 2.49. The molecule has 4 N–H and O–H groups in total. The summed E-state index contributed by atoms with van der Waals surface area (Å²) in [5, 5.41) is 11.8. The molecule has 0 aliphatic carbocycles. The maximum absolute atomic E-state index is 12.0. The zero-order valence-electron chi connectivity index (χ0n) is 12.3. The lowest BCUT2D eigenvalue weighted by molar-refractivity contribution is 0.1000. The number of nitrogens with zero attached hydrogens (tertiary/aromatic N) is 1. The minimum atomic E-state index is -0.493. The van der Waals surface area contributed by atoms with Gasteiger partial charge in [0.15, 0.2) is 0 Å². The fourth-order valence-electron chi connectivity index (χ4n) is 1.91. The van der Waals surface area contributed by atoms with Crippen LogP contribution in [0, 0.1) is 0 Å². The molecule has 0 fully saturated rings. The molecule has 0 aliphatic rings. The summed E-state index contributed by atoms with van der Waals surface area (Å²) in [6.45, 7) is 3.23. The Balaban J connectivity index is 2.57. The van der Waals surface area contributed by atoms with Crippen LogP contribution in [0.25, 0.3) is 0 Å². The van der Waals surface area contributed by atoms with Crippen LogP contribution in [-0.4, -0.2) is 41.6 Å². The molecule has 0 atom stereocenters. The summed E-state index contributed by atoms with van der Waals surface area (Å²) in [6, 6.07) is 6.61. The maximum atomic E-state index is 12.0. The first-order valence-electron chi connectivity index (χ1n) is 7.10. The summed E-state index contributed by atoms with van der Waals surface area (Å²) in [4.78, 5) is 24.7. The van der Waals surface area contributed by atoms with Crippen molar-refractivity contribution in [3.05, 3.63) is 35.4 Å². The zero-order valence-corrected chi connectivity index (χ0v) is 12.3. The molecule has 0 aromatic heterocycles. The van der Waals surface area contributed by atoms with Crippen LogP contribution in [0.2, 0.25) is 0 Å². The summed E-state index contributed by atoms with van der Waals surface area (Å²) >= 11 is 0. The predicted octanol–water partition coefficient (Wildman–Crippen LogP) is 1.09. The predicted molar refractivity (Wildman–Crippen MR) is 80.8 cm³/mol. The van der Waals surface area contributed by atoms with E-state index in [1.54, 1.807) is 23.1 Å². The van der Waals surface area contributed by atoms with Crippen molar-refractivity contribution in [1.82, 2.24) is 10.2 Å². The molecule has 0 bridgehead atoms. The van der Waals surface area contributed by atoms with E-state index in [-0.39, 0.29) is 12.6 Å². The second-order valence-corrected chi connectivity index (χ2v) is 4.79. The molecule has 3 amide bonds. The number of carbonyl (C=O) groups excluding carboxylic acids is 2. The Hall–Kier alpha value is -2.08. The van der Waals surface area contributed by atoms with Crippen molar-refractivity contribution in [2.24, 2.45) is 5.73 Å². The Morgan fingerprint density at radius 3 is 2.71 bits per heavy atom. The fourth-order valence-corrected chi connectivity index (χ4v) is 1.91. The number of aliphatic hydroxyl groups is 1. The number of nitrogens with two attached hydrogens (primary N) is 1. The van der Waals surface area contributed by atoms with Crippen LogP contribution in [0.3, 0.4) is 0 Å². The third-order valence-corrected chi connectivity index (χ3v) is 3.09. The number of nitrogens with one attached hydrogen (secondary N) is 1. The van der Waals surface area contributed by atoms with Gasteiger partial charge in [-0.2, -0.15) is 0 Å². The van der Waals surface area contributed by atoms with E-state index in [4.69, 9.17) is 10.8 Å². The van der Waals surface area contributed by atoms with Crippen LogP contribution in [0.5, 0.6) is 0 Å². The molecule has 1 aromatic rings. The third kappa shape index (κ3) is 5.83. The van der Waals surface area contributed by atoms with Crippen LogP contribution >= 0.6 is 0 Å². The lowest BCUT2D eigenvalue weighted by Gasteiger charge is -2.22. The minimum Gasteiger partial charge on any atom is -0.395 e. The van der Waals surface area contributed by atoms with Gasteiger partial charge in [-0.3, -0.25) is 4.79 Å². The first kappa shape index (κ1) is 17.0. The Kier molecular flexibility index (Phi) is 7.25. The van der Waals surface area contributed by atoms with Crippen LogP contribution < -0.4 is 11.1 Å². The molecular formula is C15H23N3O3. The number of urea groups is 1. The first-order chi connectivity index (χ1) is 10.1. The molecule has 116 valence electrons. The van der Waals surface area contributed by atoms with Gasteiger partial charge in [-0.15, -0.1) is 0 Å². The normalized spacial score (nSPS) is 10.2. The highest BCUT2D eigenvalue weighted by Gasteiger charge is 2.12. The molecule has 1 rings (SSSR count). The molecule has 0 unspecified atom stereocenters. The van der Waals surface area contributed by atoms with Gasteiger partial charge in [-0.05, 0) is 24.1 Å². The molecule has 21 heavy (non-hydrogen) atoms. The maximum Gasteiger partial charge on any atom is 0.317 e. The number of hydrogen-bond acceptors (Lipinski definition) is 3. The molecule has 6 nitrogen and oxygen atoms in total. The van der Waals surface area contributed by atoms with Crippen LogP contribution in [0.4, 0.5) is 4.79 Å². The number of carbonyl (C=O) groups is 2. The number of benzene rings is 1. The highest BCUT2D eigenvalue weighted by molar-refractivity contribution is 5.92. The first-order valence-corrected chi connectivity index (χ1v) is 7.10. The lowest BCUT2D eigenvalue weighted by Crippen LogP contribution is -2.41. The largest absolute Gasteiger partial charge is 0.395 e. The summed E-state index contributed by atoms with van der Waals surface area (Å²) in [5.41, 5.74) is 6.44. The second-order valence-electron chi connectivity index (χ2n) is 4.79. The van der Waals surface area contributed by atoms with Crippen molar-refractivity contribution < 1.29 is 14.7 Å². The molecule has 0 saturated carbocycles. The molecule has 0 saturated heterocycles. The summed E-state index contributed by atoms with van der Waals surface area (Å²) < 4.78 is 0. The van der Waals surface area contributed by atoms with E-state index in [1.807, 2.05) is 13.0 Å². The van der Waals surface area contributed by atoms with Gasteiger partial charge in [-0.25, -0.2) is 4.79 Å². The van der Waals surface area contributed by atoms with Gasteiger partial charge in [-0.1, -0.05) is 25.5 Å². The van der Waals surface area contributed by atoms with E-state index in [0.29, 0.717) is 25.2 Å². The molecule has 0 heterocycles. The van der Waals surface area contributed by atoms with E-state index >= 15 is 0 Å². The number of hydrogen-bond donors (Lipinski definition) is 3. The number of aliphatic hydroxyl groups excluding tert-OH is 1. The van der Waals surface area contributed by atoms with Crippen LogP contribution in [0.1, 0.15) is 35.7 Å². The van der Waals surface area contributed by atoms with E-state index in [2.05, 4.69) is 5.32 Å². The summed E-state index contributed by atoms with van der Waals surface area (Å²) in [5.74, 6) is -0.493. The van der Waals surface area contributed by atoms with E-state index in [9.17, 15) is 9.59 Å². The Bertz CT molecular complexity index is 477. The van der Waals surface area contributed by atoms with Gasteiger partial charge in [0.1, 0.15) is 0 Å². The topological polar surface area (TPSA) is 95.7 Å². The Labute approximate surface area is 124 Å². The second kappa shape index (κ2) is 8.97. The Morgan fingerprint density at radius 1 is 1.33 bits per heavy atom. The number of primary amides is 1. The lowest BCUT2D eigenvalue weighted by atomic mass is 10.1. The highest BCUT2D eigenvalue weighted by atomic mass is 16.3. The summed E-state index contributed by atoms with van der Waals surface area (Å²) in [6.07, 6.45) is 1.88. The quantitative estimate of drug-likeness (QED) is 0.669. The third-order valence-electron chi connectivity index (χ3n) is 3.09. The summed E-state index contributed by atoms with van der Waals surface area (Å²) in [7, 11) is 0. The van der Waals surface area contributed by atoms with E-state index in [0.717, 1.165) is 18.4 Å². The molecule has 6 heteroatoms. The molecule has 0 aliphatic heterocycles. The van der Waals surface area contributed by atoms with Crippen molar-refractivity contribution in [2.75, 3.05) is 19.7 Å². The van der Waals surface area contributed by atoms with Gasteiger partial charge < -0.3 is 21.1 Å². The van der Waals surface area contributed by atoms with Crippen LogP contribution in [-0.2, 0) is 6.54 Å². The zero-order chi connectivity index (χ0) is 15.7. The highest BCUT2D eigenvalue weighted by Crippen LogP contribution is 2.05. The number of unbranched alkanes of at least 4 members (excludes halogenated alkanes) is 1. The Morgan fingerprint density at radius 2 is 2.10 bits per heavy atom. The molecule has 1 aromatic carbocycles. The van der Waals surface area contributed by atoms with Crippen molar-refractivity contribution in [1.29, 1.82) is 0 Å². The SMILES string of the molecule is CCCCN(CCO)C(=O)NCc1cccc(C(N)=O)c1. The van der Waals surface area contributed by atoms with Crippen LogP contribution in [0.15, 0.2) is 24.3 Å². The van der Waals surface area contributed by atoms with Gasteiger partial charge in [0, 0.05) is 25.2 Å². The monoisotopic (exact) mass is 293 g/mol. The van der Waals surface area contributed by atoms with E-state index in [1.165, 1.54) is 0 Å².